The van der Waals surface area contributed by atoms with E-state index < -0.39 is 11.5 Å². The molecular formula is C13H19N3O3. The number of carbonyl (C=O) groups excluding carboxylic acids is 2. The number of aliphatic hydroxyl groups is 1. The number of H-pyrrole nitrogens is 1. The number of nitrogens with one attached hydrogen (secondary N) is 1. The molecule has 0 aliphatic carbocycles. The first-order valence-electron chi connectivity index (χ1n) is 6.40. The van der Waals surface area contributed by atoms with Crippen LogP contribution in [-0.4, -0.2) is 44.4 Å². The third-order valence-electron chi connectivity index (χ3n) is 3.62. The van der Waals surface area contributed by atoms with Crippen molar-refractivity contribution in [3.05, 3.63) is 18.2 Å². The molecule has 1 aliphatic rings. The lowest BCUT2D eigenvalue weighted by Crippen LogP contribution is -2.55. The molecule has 2 amide bonds. The number of imide groups is 1. The number of aromatic amines is 1. The maximum absolute atomic E-state index is 12.4. The van der Waals surface area contributed by atoms with E-state index in [1.54, 1.807) is 6.20 Å². The molecule has 1 aliphatic heterocycles. The van der Waals surface area contributed by atoms with Crippen LogP contribution < -0.4 is 0 Å². The molecule has 1 atom stereocenters. The molecular weight excluding hydrogens is 246 g/mol. The quantitative estimate of drug-likeness (QED) is 0.776. The number of rotatable bonds is 4. The molecule has 1 aromatic heterocycles. The fourth-order valence-corrected chi connectivity index (χ4v) is 2.34. The number of likely N-dealkylation sites (tertiary alicyclic amines) is 1. The minimum absolute atomic E-state index is 0.206. The Morgan fingerprint density at radius 3 is 2.84 bits per heavy atom. The molecule has 6 nitrogen and oxygen atoms in total. The van der Waals surface area contributed by atoms with Gasteiger partial charge in [-0.15, -0.1) is 0 Å². The normalized spacial score (nSPS) is 20.7. The zero-order valence-electron chi connectivity index (χ0n) is 11.2. The number of imidazole rings is 1. The molecule has 19 heavy (non-hydrogen) atoms. The third-order valence-corrected chi connectivity index (χ3v) is 3.62. The molecule has 0 saturated carbocycles. The van der Waals surface area contributed by atoms with Gasteiger partial charge in [0.2, 0.25) is 11.8 Å². The topological polar surface area (TPSA) is 86.3 Å². The predicted octanol–water partition coefficient (Wildman–Crippen LogP) is 0.488. The lowest BCUT2D eigenvalue weighted by molar-refractivity contribution is -0.160. The minimum atomic E-state index is -0.546. The maximum atomic E-state index is 12.4. The summed E-state index contributed by atoms with van der Waals surface area (Å²) in [4.78, 5) is 32.4. The highest BCUT2D eigenvalue weighted by Crippen LogP contribution is 2.32. The standard InChI is InChI=1S/C13H19N3O3/c1-13(2)4-3-11(18)16(12(13)19)10(7-17)5-9-6-14-8-15-9/h6,8,10,17H,3-5,7H2,1-2H3,(H,14,15). The van der Waals surface area contributed by atoms with Gasteiger partial charge in [-0.25, -0.2) is 4.98 Å². The van der Waals surface area contributed by atoms with Crippen molar-refractivity contribution < 1.29 is 14.7 Å². The van der Waals surface area contributed by atoms with Crippen LogP contribution in [0.4, 0.5) is 0 Å². The van der Waals surface area contributed by atoms with E-state index in [4.69, 9.17) is 0 Å². The second kappa shape index (κ2) is 5.13. The monoisotopic (exact) mass is 265 g/mol. The van der Waals surface area contributed by atoms with Gasteiger partial charge in [0.25, 0.3) is 0 Å². The molecule has 0 radical (unpaired) electrons. The molecule has 1 aromatic rings. The second-order valence-corrected chi connectivity index (χ2v) is 5.57. The summed E-state index contributed by atoms with van der Waals surface area (Å²) in [5.41, 5.74) is 0.248. The fraction of sp³-hybridized carbons (Fsp3) is 0.615. The van der Waals surface area contributed by atoms with Gasteiger partial charge in [0.15, 0.2) is 0 Å². The third kappa shape index (κ3) is 2.68. The Balaban J connectivity index is 2.20. The van der Waals surface area contributed by atoms with E-state index >= 15 is 0 Å². The second-order valence-electron chi connectivity index (χ2n) is 5.57. The summed E-state index contributed by atoms with van der Waals surface area (Å²) in [6.07, 6.45) is 4.46. The Kier molecular flexibility index (Phi) is 3.71. The summed E-state index contributed by atoms with van der Waals surface area (Å²) in [7, 11) is 0. The van der Waals surface area contributed by atoms with Crippen LogP contribution in [0.2, 0.25) is 0 Å². The van der Waals surface area contributed by atoms with Gasteiger partial charge in [0.05, 0.1) is 19.0 Å². The van der Waals surface area contributed by atoms with Crippen LogP contribution in [-0.2, 0) is 16.0 Å². The van der Waals surface area contributed by atoms with Gasteiger partial charge >= 0.3 is 0 Å². The average Bonchev–Trinajstić information content (AvgIpc) is 2.86. The van der Waals surface area contributed by atoms with Crippen LogP contribution in [0.15, 0.2) is 12.5 Å². The number of hydrogen-bond donors (Lipinski definition) is 2. The first-order valence-corrected chi connectivity index (χ1v) is 6.40. The van der Waals surface area contributed by atoms with Crippen LogP contribution in [0, 0.1) is 5.41 Å². The highest BCUT2D eigenvalue weighted by atomic mass is 16.3. The lowest BCUT2D eigenvalue weighted by Gasteiger charge is -2.39. The average molecular weight is 265 g/mol. The summed E-state index contributed by atoms with van der Waals surface area (Å²) >= 11 is 0. The molecule has 0 aromatic carbocycles. The van der Waals surface area contributed by atoms with Crippen LogP contribution >= 0.6 is 0 Å². The zero-order chi connectivity index (χ0) is 14.0. The Bertz CT molecular complexity index is 467. The van der Waals surface area contributed by atoms with Crippen molar-refractivity contribution in [3.8, 4) is 0 Å². The van der Waals surface area contributed by atoms with Crippen molar-refractivity contribution in [2.45, 2.75) is 39.2 Å². The highest BCUT2D eigenvalue weighted by molar-refractivity contribution is 6.00. The van der Waals surface area contributed by atoms with Gasteiger partial charge in [-0.05, 0) is 6.42 Å². The number of hydrogen-bond acceptors (Lipinski definition) is 4. The molecule has 1 fully saturated rings. The van der Waals surface area contributed by atoms with Crippen LogP contribution in [0.3, 0.4) is 0 Å². The molecule has 6 heteroatoms. The Hall–Kier alpha value is -1.69. The number of amides is 2. The molecule has 1 saturated heterocycles. The van der Waals surface area contributed by atoms with Crippen molar-refractivity contribution >= 4 is 11.8 Å². The van der Waals surface area contributed by atoms with Crippen molar-refractivity contribution in [2.75, 3.05) is 6.61 Å². The van der Waals surface area contributed by atoms with E-state index in [2.05, 4.69) is 9.97 Å². The van der Waals surface area contributed by atoms with E-state index in [0.29, 0.717) is 19.3 Å². The number of nitrogens with zero attached hydrogens (tertiary/aromatic N) is 2. The fourth-order valence-electron chi connectivity index (χ4n) is 2.34. The van der Waals surface area contributed by atoms with Gasteiger partial charge in [0, 0.05) is 30.1 Å². The Labute approximate surface area is 111 Å². The van der Waals surface area contributed by atoms with Crippen LogP contribution in [0.25, 0.3) is 0 Å². The van der Waals surface area contributed by atoms with E-state index in [9.17, 15) is 14.7 Å². The summed E-state index contributed by atoms with van der Waals surface area (Å²) in [5.74, 6) is -0.412. The van der Waals surface area contributed by atoms with Gasteiger partial charge in [-0.3, -0.25) is 14.5 Å². The molecule has 0 spiro atoms. The van der Waals surface area contributed by atoms with Crippen molar-refractivity contribution in [1.82, 2.24) is 14.9 Å². The van der Waals surface area contributed by atoms with E-state index in [1.165, 1.54) is 11.2 Å². The number of carbonyl (C=O) groups is 2. The minimum Gasteiger partial charge on any atom is -0.394 e. The number of aromatic nitrogens is 2. The van der Waals surface area contributed by atoms with Crippen molar-refractivity contribution in [2.24, 2.45) is 5.41 Å². The highest BCUT2D eigenvalue weighted by Gasteiger charge is 2.43. The van der Waals surface area contributed by atoms with E-state index in [-0.39, 0.29) is 18.4 Å². The number of piperidine rings is 1. The molecule has 1 unspecified atom stereocenters. The maximum Gasteiger partial charge on any atom is 0.235 e. The Morgan fingerprint density at radius 2 is 2.26 bits per heavy atom. The molecule has 2 rings (SSSR count). The molecule has 0 bridgehead atoms. The Morgan fingerprint density at radius 1 is 1.53 bits per heavy atom. The van der Waals surface area contributed by atoms with Gasteiger partial charge in [-0.1, -0.05) is 13.8 Å². The lowest BCUT2D eigenvalue weighted by atomic mass is 9.82. The summed E-state index contributed by atoms with van der Waals surface area (Å²) in [6, 6.07) is -0.528. The van der Waals surface area contributed by atoms with Crippen LogP contribution in [0.5, 0.6) is 0 Å². The van der Waals surface area contributed by atoms with Crippen molar-refractivity contribution in [3.63, 3.8) is 0 Å². The first kappa shape index (κ1) is 13.7. The smallest absolute Gasteiger partial charge is 0.235 e. The van der Waals surface area contributed by atoms with E-state index in [1.807, 2.05) is 13.8 Å². The molecule has 104 valence electrons. The van der Waals surface area contributed by atoms with Gasteiger partial charge in [-0.2, -0.15) is 0 Å². The summed E-state index contributed by atoms with van der Waals surface area (Å²) < 4.78 is 0. The molecule has 2 heterocycles. The first-order chi connectivity index (χ1) is 8.95. The molecule has 2 N–H and O–H groups in total. The summed E-state index contributed by atoms with van der Waals surface area (Å²) in [5, 5.41) is 9.50. The van der Waals surface area contributed by atoms with E-state index in [0.717, 1.165) is 5.69 Å². The van der Waals surface area contributed by atoms with Gasteiger partial charge < -0.3 is 10.1 Å². The van der Waals surface area contributed by atoms with Gasteiger partial charge in [0.1, 0.15) is 0 Å². The zero-order valence-corrected chi connectivity index (χ0v) is 11.2. The largest absolute Gasteiger partial charge is 0.394 e. The van der Waals surface area contributed by atoms with Crippen LogP contribution in [0.1, 0.15) is 32.4 Å². The van der Waals surface area contributed by atoms with Crippen molar-refractivity contribution in [1.29, 1.82) is 0 Å². The predicted molar refractivity (Wildman–Crippen MR) is 68.0 cm³/mol. The summed E-state index contributed by atoms with van der Waals surface area (Å²) in [6.45, 7) is 3.42. The SMILES string of the molecule is CC1(C)CCC(=O)N(C(CO)Cc2cnc[nH]2)C1=O. The number of aliphatic hydroxyl groups excluding tert-OH is 1.